The van der Waals surface area contributed by atoms with E-state index in [-0.39, 0.29) is 12.2 Å². The maximum atomic E-state index is 13.5. The highest BCUT2D eigenvalue weighted by atomic mass is 32.1. The van der Waals surface area contributed by atoms with Crippen LogP contribution in [0.3, 0.4) is 0 Å². The van der Waals surface area contributed by atoms with Crippen LogP contribution in [0.4, 0.5) is 19.3 Å². The highest BCUT2D eigenvalue weighted by Crippen LogP contribution is 2.28. The topological polar surface area (TPSA) is 67.2 Å². The van der Waals surface area contributed by atoms with Crippen molar-refractivity contribution in [2.75, 3.05) is 5.32 Å². The maximum Gasteiger partial charge on any atom is 0.319 e. The minimum atomic E-state index is -0.834. The number of nitrogens with one attached hydrogen (secondary N) is 2. The number of hydrogen-bond donors (Lipinski definition) is 2. The summed E-state index contributed by atoms with van der Waals surface area (Å²) in [6.45, 7) is 2.07. The molecule has 24 heavy (non-hydrogen) atoms. The second-order valence-corrected chi connectivity index (χ2v) is 6.02. The predicted molar refractivity (Wildman–Crippen MR) is 86.8 cm³/mol. The van der Waals surface area contributed by atoms with Gasteiger partial charge in [-0.3, -0.25) is 0 Å². The van der Waals surface area contributed by atoms with Crippen LogP contribution in [0.15, 0.2) is 41.0 Å². The fourth-order valence-electron chi connectivity index (χ4n) is 2.02. The molecule has 0 saturated heterocycles. The van der Waals surface area contributed by atoms with Crippen molar-refractivity contribution in [3.05, 3.63) is 58.8 Å². The van der Waals surface area contributed by atoms with Crippen molar-refractivity contribution in [1.82, 2.24) is 10.3 Å². The van der Waals surface area contributed by atoms with E-state index in [2.05, 4.69) is 15.6 Å². The molecule has 2 aromatic heterocycles. The van der Waals surface area contributed by atoms with Crippen molar-refractivity contribution in [3.8, 4) is 10.8 Å². The van der Waals surface area contributed by atoms with E-state index in [4.69, 9.17) is 4.42 Å². The number of anilines is 1. The molecule has 2 amide bonds. The van der Waals surface area contributed by atoms with Crippen molar-refractivity contribution in [2.24, 2.45) is 0 Å². The molecule has 1 aromatic carbocycles. The van der Waals surface area contributed by atoms with E-state index >= 15 is 0 Å². The minimum absolute atomic E-state index is 0.0915. The summed E-state index contributed by atoms with van der Waals surface area (Å²) in [5.74, 6) is -0.879. The first-order chi connectivity index (χ1) is 11.5. The summed E-state index contributed by atoms with van der Waals surface area (Å²) in [7, 11) is 0. The van der Waals surface area contributed by atoms with E-state index in [1.165, 1.54) is 11.3 Å². The van der Waals surface area contributed by atoms with Gasteiger partial charge in [0.15, 0.2) is 10.8 Å². The average Bonchev–Trinajstić information content (AvgIpc) is 3.17. The molecular weight excluding hydrogens is 336 g/mol. The Morgan fingerprint density at radius 2 is 2.17 bits per heavy atom. The standard InChI is InChI=1S/C16H13F2N3O2S/c1-9-14(24-15(20-9)13-3-2-6-23-13)8-19-16(22)21-12-5-4-10(17)7-11(12)18/h2-7H,8H2,1H3,(H2,19,21,22). The predicted octanol–water partition coefficient (Wildman–Crippen LogP) is 4.31. The number of nitrogens with zero attached hydrogens (tertiary/aromatic N) is 1. The molecule has 0 saturated carbocycles. The van der Waals surface area contributed by atoms with E-state index in [9.17, 15) is 13.6 Å². The highest BCUT2D eigenvalue weighted by molar-refractivity contribution is 7.15. The van der Waals surface area contributed by atoms with Gasteiger partial charge in [0, 0.05) is 10.9 Å². The molecule has 2 heterocycles. The fourth-order valence-corrected chi connectivity index (χ4v) is 2.99. The third kappa shape index (κ3) is 3.60. The van der Waals surface area contributed by atoms with Gasteiger partial charge in [-0.15, -0.1) is 11.3 Å². The lowest BCUT2D eigenvalue weighted by Gasteiger charge is -2.07. The summed E-state index contributed by atoms with van der Waals surface area (Å²) in [6, 6.07) is 5.93. The van der Waals surface area contributed by atoms with Crippen molar-refractivity contribution < 1.29 is 18.0 Å². The number of halogens is 2. The summed E-state index contributed by atoms with van der Waals surface area (Å²) < 4.78 is 31.6. The van der Waals surface area contributed by atoms with E-state index in [1.807, 2.05) is 6.92 Å². The van der Waals surface area contributed by atoms with E-state index in [0.29, 0.717) is 11.8 Å². The van der Waals surface area contributed by atoms with Gasteiger partial charge in [0.05, 0.1) is 24.2 Å². The van der Waals surface area contributed by atoms with Gasteiger partial charge in [0.25, 0.3) is 0 Å². The Morgan fingerprint density at radius 1 is 1.33 bits per heavy atom. The first-order valence-electron chi connectivity index (χ1n) is 7.03. The van der Waals surface area contributed by atoms with Gasteiger partial charge in [-0.25, -0.2) is 18.6 Å². The van der Waals surface area contributed by atoms with Crippen molar-refractivity contribution >= 4 is 23.1 Å². The highest BCUT2D eigenvalue weighted by Gasteiger charge is 2.13. The number of hydrogen-bond acceptors (Lipinski definition) is 4. The smallest absolute Gasteiger partial charge is 0.319 e. The Hall–Kier alpha value is -2.74. The van der Waals surface area contributed by atoms with Gasteiger partial charge in [0.1, 0.15) is 11.6 Å². The summed E-state index contributed by atoms with van der Waals surface area (Å²) in [5.41, 5.74) is 0.686. The quantitative estimate of drug-likeness (QED) is 0.737. The van der Waals surface area contributed by atoms with E-state index < -0.39 is 17.7 Å². The second-order valence-electron chi connectivity index (χ2n) is 4.94. The lowest BCUT2D eigenvalue weighted by molar-refractivity contribution is 0.251. The Labute approximate surface area is 140 Å². The van der Waals surface area contributed by atoms with Crippen LogP contribution >= 0.6 is 11.3 Å². The largest absolute Gasteiger partial charge is 0.462 e. The number of aryl methyl sites for hydroxylation is 1. The normalized spacial score (nSPS) is 10.6. The molecule has 2 N–H and O–H groups in total. The maximum absolute atomic E-state index is 13.5. The molecule has 5 nitrogen and oxygen atoms in total. The van der Waals surface area contributed by atoms with Crippen LogP contribution in [-0.2, 0) is 6.54 Å². The molecule has 3 aromatic rings. The molecular formula is C16H13F2N3O2S. The van der Waals surface area contributed by atoms with Crippen LogP contribution in [0.5, 0.6) is 0 Å². The lowest BCUT2D eigenvalue weighted by Crippen LogP contribution is -2.28. The van der Waals surface area contributed by atoms with Crippen molar-refractivity contribution in [3.63, 3.8) is 0 Å². The van der Waals surface area contributed by atoms with Crippen molar-refractivity contribution in [1.29, 1.82) is 0 Å². The number of carbonyl (C=O) groups excluding carboxylic acids is 1. The van der Waals surface area contributed by atoms with Crippen LogP contribution in [0, 0.1) is 18.6 Å². The molecule has 0 atom stereocenters. The molecule has 0 spiro atoms. The van der Waals surface area contributed by atoms with Gasteiger partial charge in [-0.1, -0.05) is 0 Å². The number of benzene rings is 1. The number of amides is 2. The van der Waals surface area contributed by atoms with Gasteiger partial charge < -0.3 is 15.1 Å². The molecule has 0 aliphatic carbocycles. The summed E-state index contributed by atoms with van der Waals surface area (Å²) >= 11 is 1.40. The van der Waals surface area contributed by atoms with E-state index in [0.717, 1.165) is 27.7 Å². The number of aromatic nitrogens is 1. The summed E-state index contributed by atoms with van der Waals surface area (Å²) in [6.07, 6.45) is 1.56. The number of thiazole rings is 1. The zero-order chi connectivity index (χ0) is 17.1. The van der Waals surface area contributed by atoms with Crippen molar-refractivity contribution in [2.45, 2.75) is 13.5 Å². The number of carbonyl (C=O) groups is 1. The monoisotopic (exact) mass is 349 g/mol. The SMILES string of the molecule is Cc1nc(-c2ccco2)sc1CNC(=O)Nc1ccc(F)cc1F. The summed E-state index contributed by atoms with van der Waals surface area (Å²) in [4.78, 5) is 17.1. The first kappa shape index (κ1) is 16.1. The number of furan rings is 1. The van der Waals surface area contributed by atoms with Crippen LogP contribution < -0.4 is 10.6 Å². The van der Waals surface area contributed by atoms with E-state index in [1.54, 1.807) is 18.4 Å². The van der Waals surface area contributed by atoms with Crippen LogP contribution in [0.2, 0.25) is 0 Å². The molecule has 0 radical (unpaired) electrons. The molecule has 0 unspecified atom stereocenters. The number of rotatable bonds is 4. The molecule has 0 fully saturated rings. The number of urea groups is 1. The molecule has 124 valence electrons. The zero-order valence-corrected chi connectivity index (χ0v) is 13.4. The zero-order valence-electron chi connectivity index (χ0n) is 12.6. The summed E-state index contributed by atoms with van der Waals surface area (Å²) in [5, 5.41) is 5.68. The molecule has 3 rings (SSSR count). The molecule has 0 aliphatic heterocycles. The van der Waals surface area contributed by atoms with Gasteiger partial charge in [0.2, 0.25) is 0 Å². The first-order valence-corrected chi connectivity index (χ1v) is 7.84. The van der Waals surface area contributed by atoms with Gasteiger partial charge in [-0.2, -0.15) is 0 Å². The van der Waals surface area contributed by atoms with Gasteiger partial charge in [-0.05, 0) is 31.2 Å². The van der Waals surface area contributed by atoms with Gasteiger partial charge >= 0.3 is 6.03 Å². The Kier molecular flexibility index (Phi) is 4.57. The Bertz CT molecular complexity index is 862. The Balaban J connectivity index is 1.62. The second kappa shape index (κ2) is 6.79. The Morgan fingerprint density at radius 3 is 2.88 bits per heavy atom. The molecule has 0 bridgehead atoms. The molecule has 8 heteroatoms. The van der Waals surface area contributed by atoms with Crippen LogP contribution in [0.25, 0.3) is 10.8 Å². The lowest BCUT2D eigenvalue weighted by atomic mass is 10.3. The molecule has 0 aliphatic rings. The average molecular weight is 349 g/mol. The van der Waals surface area contributed by atoms with Crippen LogP contribution in [0.1, 0.15) is 10.6 Å². The van der Waals surface area contributed by atoms with Crippen LogP contribution in [-0.4, -0.2) is 11.0 Å². The third-order valence-electron chi connectivity index (χ3n) is 3.21. The fraction of sp³-hybridized carbons (Fsp3) is 0.125. The third-order valence-corrected chi connectivity index (χ3v) is 4.39. The minimum Gasteiger partial charge on any atom is -0.462 e.